The van der Waals surface area contributed by atoms with Gasteiger partial charge in [0.15, 0.2) is 0 Å². The lowest BCUT2D eigenvalue weighted by Gasteiger charge is -2.35. The molecule has 2 aromatic rings. The number of hydrogen-bond acceptors (Lipinski definition) is 6. The largest absolute Gasteiger partial charge is 0.487 e. The van der Waals surface area contributed by atoms with Crippen molar-refractivity contribution < 1.29 is 19.1 Å². The second kappa shape index (κ2) is 10.1. The van der Waals surface area contributed by atoms with Gasteiger partial charge in [-0.15, -0.1) is 11.3 Å². The van der Waals surface area contributed by atoms with Gasteiger partial charge < -0.3 is 19.3 Å². The summed E-state index contributed by atoms with van der Waals surface area (Å²) in [5, 5.41) is 1.94. The summed E-state index contributed by atoms with van der Waals surface area (Å²) in [4.78, 5) is 33.0. The summed E-state index contributed by atoms with van der Waals surface area (Å²) in [6.45, 7) is 7.85. The quantitative estimate of drug-likeness (QED) is 0.657. The fourth-order valence-electron chi connectivity index (χ4n) is 3.57. The van der Waals surface area contributed by atoms with Crippen LogP contribution in [0.1, 0.15) is 49.7 Å². The van der Waals surface area contributed by atoms with Crippen LogP contribution in [0.15, 0.2) is 35.2 Å². The molecule has 7 nitrogen and oxygen atoms in total. The van der Waals surface area contributed by atoms with Crippen molar-refractivity contribution in [2.75, 3.05) is 26.7 Å². The van der Waals surface area contributed by atoms with Crippen molar-refractivity contribution in [2.45, 2.75) is 45.8 Å². The first-order valence-corrected chi connectivity index (χ1v) is 11.5. The van der Waals surface area contributed by atoms with E-state index in [9.17, 15) is 9.59 Å². The molecule has 1 aliphatic heterocycles. The van der Waals surface area contributed by atoms with Gasteiger partial charge in [-0.05, 0) is 57.7 Å². The Morgan fingerprint density at radius 3 is 2.84 bits per heavy atom. The van der Waals surface area contributed by atoms with Gasteiger partial charge in [-0.1, -0.05) is 6.07 Å². The number of hydrogen-bond donors (Lipinski definition) is 0. The van der Waals surface area contributed by atoms with Gasteiger partial charge >= 0.3 is 6.09 Å². The molecule has 8 heteroatoms. The van der Waals surface area contributed by atoms with E-state index in [2.05, 4.69) is 4.98 Å². The zero-order valence-corrected chi connectivity index (χ0v) is 19.5. The van der Waals surface area contributed by atoms with E-state index in [0.29, 0.717) is 31.0 Å². The zero-order chi connectivity index (χ0) is 22.4. The molecule has 0 N–H and O–H groups in total. The Hall–Kier alpha value is -2.61. The van der Waals surface area contributed by atoms with Crippen molar-refractivity contribution >= 4 is 23.3 Å². The van der Waals surface area contributed by atoms with Gasteiger partial charge in [0, 0.05) is 37.6 Å². The minimum atomic E-state index is -0.521. The van der Waals surface area contributed by atoms with Crippen molar-refractivity contribution in [2.24, 2.45) is 5.92 Å². The Kier molecular flexibility index (Phi) is 7.54. The molecular weight excluding hydrogens is 414 g/mol. The van der Waals surface area contributed by atoms with E-state index in [1.165, 1.54) is 11.3 Å². The first kappa shape index (κ1) is 23.1. The number of nitrogens with zero attached hydrogens (tertiary/aromatic N) is 3. The second-order valence-corrected chi connectivity index (χ2v) is 9.64. The van der Waals surface area contributed by atoms with Crippen LogP contribution in [0.25, 0.3) is 0 Å². The van der Waals surface area contributed by atoms with E-state index in [1.807, 2.05) is 49.3 Å². The Morgan fingerprint density at radius 1 is 1.32 bits per heavy atom. The maximum Gasteiger partial charge on any atom is 0.410 e. The molecule has 0 radical (unpaired) electrons. The average molecular weight is 446 g/mol. The molecule has 1 aliphatic rings. The molecule has 1 saturated heterocycles. The second-order valence-electron chi connectivity index (χ2n) is 8.92. The Balaban J connectivity index is 1.56. The molecule has 1 fully saturated rings. The molecule has 168 valence electrons. The topological polar surface area (TPSA) is 72.0 Å². The van der Waals surface area contributed by atoms with Crippen LogP contribution in [0.4, 0.5) is 4.79 Å². The lowest BCUT2D eigenvalue weighted by molar-refractivity contribution is 0.0244. The molecular formula is C23H31N3O4S. The number of piperidine rings is 1. The Morgan fingerprint density at radius 2 is 2.13 bits per heavy atom. The SMILES string of the molecule is CN(CC1CCCN(C(=O)c2cccc(OCc3cscn3)c2)C1)C(=O)OC(C)(C)C. The summed E-state index contributed by atoms with van der Waals surface area (Å²) < 4.78 is 11.2. The van der Waals surface area contributed by atoms with Crippen molar-refractivity contribution in [1.82, 2.24) is 14.8 Å². The number of carbonyl (C=O) groups is 2. The third kappa shape index (κ3) is 6.95. The van der Waals surface area contributed by atoms with E-state index in [4.69, 9.17) is 9.47 Å². The normalized spacial score (nSPS) is 16.6. The van der Waals surface area contributed by atoms with Crippen LogP contribution in [-0.2, 0) is 11.3 Å². The van der Waals surface area contributed by atoms with Crippen LogP contribution in [0.3, 0.4) is 0 Å². The summed E-state index contributed by atoms with van der Waals surface area (Å²) in [5.74, 6) is 0.861. The van der Waals surface area contributed by atoms with Gasteiger partial charge in [-0.25, -0.2) is 9.78 Å². The number of ether oxygens (including phenoxy) is 2. The van der Waals surface area contributed by atoms with Gasteiger partial charge in [-0.2, -0.15) is 0 Å². The van der Waals surface area contributed by atoms with Gasteiger partial charge in [0.25, 0.3) is 5.91 Å². The Labute approximate surface area is 188 Å². The fourth-order valence-corrected chi connectivity index (χ4v) is 4.11. The van der Waals surface area contributed by atoms with Gasteiger partial charge in [0.05, 0.1) is 11.2 Å². The average Bonchev–Trinajstić information content (AvgIpc) is 3.24. The number of aromatic nitrogens is 1. The highest BCUT2D eigenvalue weighted by Gasteiger charge is 2.28. The van der Waals surface area contributed by atoms with E-state index >= 15 is 0 Å². The van der Waals surface area contributed by atoms with Gasteiger partial charge in [-0.3, -0.25) is 4.79 Å². The number of thiazole rings is 1. The molecule has 0 saturated carbocycles. The van der Waals surface area contributed by atoms with Crippen LogP contribution in [-0.4, -0.2) is 59.1 Å². The van der Waals surface area contributed by atoms with Crippen molar-refractivity contribution in [3.63, 3.8) is 0 Å². The number of likely N-dealkylation sites (tertiary alicyclic amines) is 1. The summed E-state index contributed by atoms with van der Waals surface area (Å²) in [6, 6.07) is 7.28. The highest BCUT2D eigenvalue weighted by atomic mass is 32.1. The maximum atomic E-state index is 13.1. The number of benzene rings is 1. The molecule has 1 unspecified atom stereocenters. The molecule has 0 spiro atoms. The third-order valence-electron chi connectivity index (χ3n) is 4.99. The molecule has 2 heterocycles. The predicted octanol–water partition coefficient (Wildman–Crippen LogP) is 4.44. The standard InChI is InChI=1S/C23H31N3O4S/c1-23(2,3)30-22(28)25(4)12-17-7-6-10-26(13-17)21(27)18-8-5-9-20(11-18)29-14-19-15-31-16-24-19/h5,8-9,11,15-17H,6-7,10,12-14H2,1-4H3. The number of rotatable bonds is 6. The minimum absolute atomic E-state index is 0.0104. The molecule has 0 bridgehead atoms. The Bertz CT molecular complexity index is 879. The molecule has 1 atom stereocenters. The summed E-state index contributed by atoms with van der Waals surface area (Å²) >= 11 is 1.53. The third-order valence-corrected chi connectivity index (χ3v) is 5.63. The van der Waals surface area contributed by atoms with Crippen LogP contribution >= 0.6 is 11.3 Å². The van der Waals surface area contributed by atoms with Crippen molar-refractivity contribution in [3.05, 3.63) is 46.4 Å². The van der Waals surface area contributed by atoms with Crippen molar-refractivity contribution in [1.29, 1.82) is 0 Å². The zero-order valence-electron chi connectivity index (χ0n) is 18.7. The molecule has 1 aromatic heterocycles. The van der Waals surface area contributed by atoms with Crippen LogP contribution in [0, 0.1) is 5.92 Å². The predicted molar refractivity (Wildman–Crippen MR) is 120 cm³/mol. The number of amides is 2. The molecule has 0 aliphatic carbocycles. The minimum Gasteiger partial charge on any atom is -0.487 e. The first-order chi connectivity index (χ1) is 14.7. The highest BCUT2D eigenvalue weighted by Crippen LogP contribution is 2.22. The smallest absolute Gasteiger partial charge is 0.410 e. The number of carbonyl (C=O) groups excluding carboxylic acids is 2. The van der Waals surface area contributed by atoms with Gasteiger partial charge in [0.2, 0.25) is 0 Å². The summed E-state index contributed by atoms with van der Waals surface area (Å²) in [6.07, 6.45) is 1.56. The highest BCUT2D eigenvalue weighted by molar-refractivity contribution is 7.07. The summed E-state index contributed by atoms with van der Waals surface area (Å²) in [5.41, 5.74) is 2.73. The maximum absolute atomic E-state index is 13.1. The lowest BCUT2D eigenvalue weighted by atomic mass is 9.97. The molecule has 3 rings (SSSR count). The van der Waals surface area contributed by atoms with E-state index in [1.54, 1.807) is 23.5 Å². The fraction of sp³-hybridized carbons (Fsp3) is 0.522. The first-order valence-electron chi connectivity index (χ1n) is 10.5. The summed E-state index contributed by atoms with van der Waals surface area (Å²) in [7, 11) is 1.75. The van der Waals surface area contributed by atoms with E-state index in [0.717, 1.165) is 25.1 Å². The molecule has 2 amide bonds. The molecule has 1 aromatic carbocycles. The van der Waals surface area contributed by atoms with Crippen LogP contribution in [0.2, 0.25) is 0 Å². The van der Waals surface area contributed by atoms with Crippen LogP contribution < -0.4 is 4.74 Å². The lowest BCUT2D eigenvalue weighted by Crippen LogP contribution is -2.45. The van der Waals surface area contributed by atoms with Crippen molar-refractivity contribution in [3.8, 4) is 5.75 Å². The monoisotopic (exact) mass is 445 g/mol. The molecule has 31 heavy (non-hydrogen) atoms. The van der Waals surface area contributed by atoms with Crippen LogP contribution in [0.5, 0.6) is 5.75 Å². The van der Waals surface area contributed by atoms with Gasteiger partial charge in [0.1, 0.15) is 18.0 Å². The van der Waals surface area contributed by atoms with E-state index < -0.39 is 5.60 Å². The van der Waals surface area contributed by atoms with E-state index in [-0.39, 0.29) is 17.9 Å².